The first-order chi connectivity index (χ1) is 16.8. The molecule has 0 bridgehead atoms. The molecule has 3 amide bonds. The van der Waals surface area contributed by atoms with E-state index in [0.717, 1.165) is 5.56 Å². The van der Waals surface area contributed by atoms with Gasteiger partial charge in [0.2, 0.25) is 11.8 Å². The molecule has 0 spiro atoms. The summed E-state index contributed by atoms with van der Waals surface area (Å²) in [5.74, 6) is -0.882. The fraction of sp³-hybridized carbons (Fsp3) is 0.615. The number of benzene rings is 1. The first kappa shape index (κ1) is 26.5. The standard InChI is InChI=1S/C26H37N3O6/c1-4-34-25(32)20(16-18(2)3)27-23(30)21-12-8-14-28(21)24(31)22-13-9-15-29(22)26(33)35-17-19-10-6-5-7-11-19/h5-7,10-11,18,20-22H,4,8-9,12-17H2,1-3H3,(H,27,30)/t20-,21-,22-/m0/s1. The van der Waals surface area contributed by atoms with Crippen LogP contribution in [0.5, 0.6) is 0 Å². The summed E-state index contributed by atoms with van der Waals surface area (Å²) in [5, 5.41) is 2.81. The van der Waals surface area contributed by atoms with Gasteiger partial charge in [0.05, 0.1) is 6.61 Å². The van der Waals surface area contributed by atoms with Crippen molar-refractivity contribution >= 4 is 23.9 Å². The van der Waals surface area contributed by atoms with Gasteiger partial charge in [-0.3, -0.25) is 14.5 Å². The highest BCUT2D eigenvalue weighted by molar-refractivity contribution is 5.93. The Balaban J connectivity index is 1.63. The molecule has 2 heterocycles. The number of likely N-dealkylation sites (tertiary alicyclic amines) is 2. The number of esters is 1. The minimum atomic E-state index is -0.754. The monoisotopic (exact) mass is 487 g/mol. The van der Waals surface area contributed by atoms with Gasteiger partial charge in [-0.1, -0.05) is 44.2 Å². The molecule has 0 saturated carbocycles. The van der Waals surface area contributed by atoms with Gasteiger partial charge in [-0.15, -0.1) is 0 Å². The molecule has 2 aliphatic rings. The topological polar surface area (TPSA) is 105 Å². The molecular formula is C26H37N3O6. The number of hydrogen-bond donors (Lipinski definition) is 1. The fourth-order valence-corrected chi connectivity index (χ4v) is 4.73. The van der Waals surface area contributed by atoms with E-state index in [9.17, 15) is 19.2 Å². The van der Waals surface area contributed by atoms with Crippen LogP contribution < -0.4 is 5.32 Å². The molecule has 2 saturated heterocycles. The van der Waals surface area contributed by atoms with E-state index in [4.69, 9.17) is 9.47 Å². The van der Waals surface area contributed by atoms with E-state index < -0.39 is 30.2 Å². The van der Waals surface area contributed by atoms with Crippen LogP contribution in [0.25, 0.3) is 0 Å². The molecule has 192 valence electrons. The van der Waals surface area contributed by atoms with Gasteiger partial charge in [0.1, 0.15) is 24.7 Å². The Hall–Kier alpha value is -3.10. The zero-order valence-electron chi connectivity index (χ0n) is 20.9. The Bertz CT molecular complexity index is 890. The highest BCUT2D eigenvalue weighted by Crippen LogP contribution is 2.26. The summed E-state index contributed by atoms with van der Waals surface area (Å²) < 4.78 is 10.6. The smallest absolute Gasteiger partial charge is 0.410 e. The predicted molar refractivity (Wildman–Crippen MR) is 129 cm³/mol. The predicted octanol–water partition coefficient (Wildman–Crippen LogP) is 2.87. The van der Waals surface area contributed by atoms with Gasteiger partial charge in [0.15, 0.2) is 0 Å². The molecule has 2 fully saturated rings. The Morgan fingerprint density at radius 2 is 1.63 bits per heavy atom. The summed E-state index contributed by atoms with van der Waals surface area (Å²) in [6.45, 7) is 6.90. The second-order valence-corrected chi connectivity index (χ2v) is 9.52. The van der Waals surface area contributed by atoms with Crippen molar-refractivity contribution in [2.45, 2.75) is 77.6 Å². The van der Waals surface area contributed by atoms with E-state index in [1.807, 2.05) is 44.2 Å². The number of ether oxygens (including phenoxy) is 2. The molecule has 0 unspecified atom stereocenters. The van der Waals surface area contributed by atoms with Crippen LogP contribution in [-0.4, -0.2) is 71.5 Å². The maximum Gasteiger partial charge on any atom is 0.410 e. The Labute approximate surface area is 207 Å². The normalized spacial score (nSPS) is 20.6. The molecule has 3 rings (SSSR count). The van der Waals surface area contributed by atoms with E-state index in [0.29, 0.717) is 45.2 Å². The number of carbonyl (C=O) groups excluding carboxylic acids is 4. The van der Waals surface area contributed by atoms with Crippen molar-refractivity contribution in [3.8, 4) is 0 Å². The minimum Gasteiger partial charge on any atom is -0.464 e. The molecule has 0 aliphatic carbocycles. The quantitative estimate of drug-likeness (QED) is 0.537. The molecule has 2 aliphatic heterocycles. The lowest BCUT2D eigenvalue weighted by atomic mass is 10.0. The SMILES string of the molecule is CCOC(=O)[C@H](CC(C)C)NC(=O)[C@@H]1CCCN1C(=O)[C@@H]1CCCN1C(=O)OCc1ccccc1. The van der Waals surface area contributed by atoms with E-state index in [2.05, 4.69) is 5.32 Å². The van der Waals surface area contributed by atoms with Crippen molar-refractivity contribution in [3.05, 3.63) is 35.9 Å². The van der Waals surface area contributed by atoms with Crippen LogP contribution in [0.15, 0.2) is 30.3 Å². The first-order valence-electron chi connectivity index (χ1n) is 12.6. The largest absolute Gasteiger partial charge is 0.464 e. The van der Waals surface area contributed by atoms with E-state index >= 15 is 0 Å². The Kier molecular flexibility index (Phi) is 9.51. The molecule has 9 nitrogen and oxygen atoms in total. The molecular weight excluding hydrogens is 450 g/mol. The fourth-order valence-electron chi connectivity index (χ4n) is 4.73. The van der Waals surface area contributed by atoms with Gasteiger partial charge in [0.25, 0.3) is 0 Å². The number of carbonyl (C=O) groups is 4. The number of nitrogens with zero attached hydrogens (tertiary/aromatic N) is 2. The molecule has 35 heavy (non-hydrogen) atoms. The van der Waals surface area contributed by atoms with Crippen LogP contribution in [0.1, 0.15) is 58.4 Å². The third kappa shape index (κ3) is 6.96. The third-order valence-electron chi connectivity index (χ3n) is 6.41. The number of nitrogens with one attached hydrogen (secondary N) is 1. The molecule has 0 aromatic heterocycles. The van der Waals surface area contributed by atoms with Gasteiger partial charge in [-0.2, -0.15) is 0 Å². The van der Waals surface area contributed by atoms with Crippen molar-refractivity contribution in [1.82, 2.24) is 15.1 Å². The summed E-state index contributed by atoms with van der Waals surface area (Å²) in [7, 11) is 0. The van der Waals surface area contributed by atoms with E-state index in [1.165, 1.54) is 4.90 Å². The van der Waals surface area contributed by atoms with Crippen LogP contribution in [0.4, 0.5) is 4.79 Å². The third-order valence-corrected chi connectivity index (χ3v) is 6.41. The van der Waals surface area contributed by atoms with Crippen molar-refractivity contribution in [2.24, 2.45) is 5.92 Å². The van der Waals surface area contributed by atoms with Gasteiger partial charge in [-0.05, 0) is 50.5 Å². The van der Waals surface area contributed by atoms with Gasteiger partial charge in [-0.25, -0.2) is 9.59 Å². The van der Waals surface area contributed by atoms with Gasteiger partial charge < -0.3 is 19.7 Å². The maximum atomic E-state index is 13.5. The molecule has 0 radical (unpaired) electrons. The number of rotatable bonds is 9. The molecule has 1 N–H and O–H groups in total. The highest BCUT2D eigenvalue weighted by Gasteiger charge is 2.43. The summed E-state index contributed by atoms with van der Waals surface area (Å²) in [6, 6.07) is 7.30. The van der Waals surface area contributed by atoms with Crippen LogP contribution in [0.2, 0.25) is 0 Å². The molecule has 3 atom stereocenters. The highest BCUT2D eigenvalue weighted by atomic mass is 16.6. The lowest BCUT2D eigenvalue weighted by Crippen LogP contribution is -2.55. The number of amides is 3. The van der Waals surface area contributed by atoms with Crippen molar-refractivity contribution in [3.63, 3.8) is 0 Å². The van der Waals surface area contributed by atoms with Crippen molar-refractivity contribution < 1.29 is 28.7 Å². The van der Waals surface area contributed by atoms with Gasteiger partial charge in [0, 0.05) is 13.1 Å². The number of hydrogen-bond acceptors (Lipinski definition) is 6. The maximum absolute atomic E-state index is 13.5. The lowest BCUT2D eigenvalue weighted by molar-refractivity contribution is -0.149. The second-order valence-electron chi connectivity index (χ2n) is 9.52. The second kappa shape index (κ2) is 12.6. The van der Waals surface area contributed by atoms with Crippen LogP contribution in [-0.2, 0) is 30.5 Å². The van der Waals surface area contributed by atoms with Crippen molar-refractivity contribution in [1.29, 1.82) is 0 Å². The zero-order chi connectivity index (χ0) is 25.4. The van der Waals surface area contributed by atoms with E-state index in [-0.39, 0.29) is 30.9 Å². The summed E-state index contributed by atoms with van der Waals surface area (Å²) in [5.41, 5.74) is 0.872. The minimum absolute atomic E-state index is 0.136. The van der Waals surface area contributed by atoms with Crippen LogP contribution in [0.3, 0.4) is 0 Å². The Morgan fingerprint density at radius 1 is 0.971 bits per heavy atom. The van der Waals surface area contributed by atoms with E-state index in [1.54, 1.807) is 11.8 Å². The molecule has 9 heteroatoms. The van der Waals surface area contributed by atoms with Crippen LogP contribution in [0, 0.1) is 5.92 Å². The average Bonchev–Trinajstić information content (AvgIpc) is 3.52. The summed E-state index contributed by atoms with van der Waals surface area (Å²) in [6.07, 6.45) is 2.35. The average molecular weight is 488 g/mol. The molecule has 1 aromatic carbocycles. The first-order valence-corrected chi connectivity index (χ1v) is 12.6. The molecule has 1 aromatic rings. The summed E-state index contributed by atoms with van der Waals surface area (Å²) in [4.78, 5) is 54.7. The van der Waals surface area contributed by atoms with Gasteiger partial charge >= 0.3 is 12.1 Å². The van der Waals surface area contributed by atoms with Crippen molar-refractivity contribution in [2.75, 3.05) is 19.7 Å². The summed E-state index contributed by atoms with van der Waals surface area (Å²) >= 11 is 0. The van der Waals surface area contributed by atoms with Crippen LogP contribution >= 0.6 is 0 Å². The Morgan fingerprint density at radius 3 is 2.29 bits per heavy atom. The zero-order valence-corrected chi connectivity index (χ0v) is 20.9. The lowest BCUT2D eigenvalue weighted by Gasteiger charge is -2.31.